The van der Waals surface area contributed by atoms with E-state index in [9.17, 15) is 10.1 Å². The number of carbonyl (C=O) groups excluding carboxylic acids is 1. The van der Waals surface area contributed by atoms with Crippen LogP contribution in [0.15, 0.2) is 29.1 Å². The van der Waals surface area contributed by atoms with Gasteiger partial charge >= 0.3 is 0 Å². The van der Waals surface area contributed by atoms with E-state index in [1.165, 1.54) is 16.7 Å². The highest BCUT2D eigenvalue weighted by molar-refractivity contribution is 9.10. The molecule has 0 aliphatic heterocycles. The largest absolute Gasteiger partial charge is 0.489 e. The van der Waals surface area contributed by atoms with E-state index in [1.54, 1.807) is 39.5 Å². The van der Waals surface area contributed by atoms with Gasteiger partial charge in [0.05, 0.1) is 31.7 Å². The molecule has 0 radical (unpaired) electrons. The molecular formula is C22H21BrN8O3. The Labute approximate surface area is 203 Å². The van der Waals surface area contributed by atoms with Gasteiger partial charge in [-0.3, -0.25) is 19.6 Å². The standard InChI is InChI=1S/C22H21BrN8O3/c1-12-17(9-24)31(3)29-20(12)22(32)30(2)5-6-34-18-11-26-19(33-4)8-13(18)15-7-14-16(10-25-15)27-28-21(14)23/h7-8,10-11H,5-6H2,1-4H3,(H,27,28). The Balaban J connectivity index is 1.52. The second-order valence-corrected chi connectivity index (χ2v) is 8.27. The minimum atomic E-state index is -0.289. The lowest BCUT2D eigenvalue weighted by atomic mass is 10.1. The van der Waals surface area contributed by atoms with Crippen molar-refractivity contribution in [3.8, 4) is 29.0 Å². The van der Waals surface area contributed by atoms with Gasteiger partial charge in [0.2, 0.25) is 5.88 Å². The number of halogens is 1. The number of aromatic nitrogens is 6. The van der Waals surface area contributed by atoms with Gasteiger partial charge in [-0.25, -0.2) is 4.98 Å². The van der Waals surface area contributed by atoms with Gasteiger partial charge in [-0.05, 0) is 28.9 Å². The lowest BCUT2D eigenvalue weighted by Gasteiger charge is -2.18. The number of aryl methyl sites for hydroxylation is 1. The second kappa shape index (κ2) is 9.48. The molecule has 0 aromatic carbocycles. The summed E-state index contributed by atoms with van der Waals surface area (Å²) in [7, 11) is 4.83. The average Bonchev–Trinajstić information content (AvgIpc) is 3.36. The molecule has 0 spiro atoms. The molecule has 0 saturated carbocycles. The first kappa shape index (κ1) is 23.2. The van der Waals surface area contributed by atoms with E-state index in [4.69, 9.17) is 9.47 Å². The lowest BCUT2D eigenvalue weighted by molar-refractivity contribution is 0.0766. The van der Waals surface area contributed by atoms with E-state index in [2.05, 4.69) is 47.3 Å². The van der Waals surface area contributed by atoms with Crippen molar-refractivity contribution in [2.24, 2.45) is 7.05 Å². The van der Waals surface area contributed by atoms with Crippen LogP contribution in [0, 0.1) is 18.3 Å². The Bertz CT molecular complexity index is 1420. The van der Waals surface area contributed by atoms with Crippen molar-refractivity contribution < 1.29 is 14.3 Å². The Morgan fingerprint density at radius 2 is 2.12 bits per heavy atom. The van der Waals surface area contributed by atoms with Crippen LogP contribution in [-0.2, 0) is 7.05 Å². The molecule has 1 N–H and O–H groups in total. The fourth-order valence-electron chi connectivity index (χ4n) is 3.44. The van der Waals surface area contributed by atoms with Gasteiger partial charge in [-0.2, -0.15) is 15.5 Å². The number of carbonyl (C=O) groups is 1. The number of fused-ring (bicyclic) bond motifs is 1. The highest BCUT2D eigenvalue weighted by Gasteiger charge is 2.22. The van der Waals surface area contributed by atoms with Gasteiger partial charge < -0.3 is 14.4 Å². The van der Waals surface area contributed by atoms with Crippen LogP contribution in [-0.4, -0.2) is 68.1 Å². The van der Waals surface area contributed by atoms with Crippen molar-refractivity contribution in [2.75, 3.05) is 27.3 Å². The maximum absolute atomic E-state index is 12.8. The number of aromatic amines is 1. The number of rotatable bonds is 7. The summed E-state index contributed by atoms with van der Waals surface area (Å²) >= 11 is 3.45. The molecule has 4 heterocycles. The Hall–Kier alpha value is -3.98. The molecular weight excluding hydrogens is 504 g/mol. The predicted molar refractivity (Wildman–Crippen MR) is 126 cm³/mol. The van der Waals surface area contributed by atoms with Crippen molar-refractivity contribution in [3.63, 3.8) is 0 Å². The highest BCUT2D eigenvalue weighted by Crippen LogP contribution is 2.33. The van der Waals surface area contributed by atoms with Crippen molar-refractivity contribution in [1.82, 2.24) is 34.8 Å². The third kappa shape index (κ3) is 4.29. The molecule has 0 atom stereocenters. The van der Waals surface area contributed by atoms with Crippen LogP contribution < -0.4 is 9.47 Å². The zero-order chi connectivity index (χ0) is 24.4. The van der Waals surface area contributed by atoms with Gasteiger partial charge in [-0.1, -0.05) is 0 Å². The Morgan fingerprint density at radius 3 is 2.82 bits per heavy atom. The molecule has 34 heavy (non-hydrogen) atoms. The molecule has 0 fully saturated rings. The molecule has 11 nitrogen and oxygen atoms in total. The third-order valence-electron chi connectivity index (χ3n) is 5.34. The number of amides is 1. The van der Waals surface area contributed by atoms with Crippen LogP contribution in [0.25, 0.3) is 22.2 Å². The molecule has 12 heteroatoms. The zero-order valence-corrected chi connectivity index (χ0v) is 20.5. The van der Waals surface area contributed by atoms with Crippen molar-refractivity contribution in [3.05, 3.63) is 46.1 Å². The minimum absolute atomic E-state index is 0.206. The summed E-state index contributed by atoms with van der Waals surface area (Å²) in [4.78, 5) is 23.1. The van der Waals surface area contributed by atoms with Crippen LogP contribution in [0.2, 0.25) is 0 Å². The number of pyridine rings is 2. The molecule has 0 saturated heterocycles. The van der Waals surface area contributed by atoms with E-state index in [-0.39, 0.29) is 18.2 Å². The SMILES string of the molecule is COc1cc(-c2cc3c(Br)[nH]nc3cn2)c(OCCN(C)C(=O)c2nn(C)c(C#N)c2C)cn1. The number of H-pyrrole nitrogens is 1. The smallest absolute Gasteiger partial charge is 0.274 e. The molecule has 174 valence electrons. The molecule has 0 unspecified atom stereocenters. The summed E-state index contributed by atoms with van der Waals surface area (Å²) in [5.41, 5.74) is 3.23. The maximum Gasteiger partial charge on any atom is 0.274 e. The molecule has 4 aromatic rings. The number of nitrogens with one attached hydrogen (secondary N) is 1. The first-order valence-corrected chi connectivity index (χ1v) is 11.0. The quantitative estimate of drug-likeness (QED) is 0.389. The van der Waals surface area contributed by atoms with Crippen molar-refractivity contribution >= 4 is 32.7 Å². The van der Waals surface area contributed by atoms with Gasteiger partial charge in [-0.15, -0.1) is 0 Å². The molecule has 0 bridgehead atoms. The van der Waals surface area contributed by atoms with Crippen LogP contribution in [0.5, 0.6) is 11.6 Å². The van der Waals surface area contributed by atoms with Crippen LogP contribution in [0.1, 0.15) is 21.7 Å². The first-order valence-electron chi connectivity index (χ1n) is 10.2. The summed E-state index contributed by atoms with van der Waals surface area (Å²) in [5, 5.41) is 21.3. The average molecular weight is 525 g/mol. The minimum Gasteiger partial charge on any atom is -0.489 e. The maximum atomic E-state index is 12.8. The molecule has 4 rings (SSSR count). The van der Waals surface area contributed by atoms with E-state index < -0.39 is 0 Å². The molecule has 0 aliphatic rings. The van der Waals surface area contributed by atoms with E-state index in [0.717, 1.165) is 15.5 Å². The summed E-state index contributed by atoms with van der Waals surface area (Å²) in [6, 6.07) is 5.69. The topological polar surface area (TPSA) is 135 Å². The van der Waals surface area contributed by atoms with E-state index >= 15 is 0 Å². The third-order valence-corrected chi connectivity index (χ3v) is 5.95. The normalized spacial score (nSPS) is 10.8. The highest BCUT2D eigenvalue weighted by atomic mass is 79.9. The summed E-state index contributed by atoms with van der Waals surface area (Å²) in [5.74, 6) is 0.624. The number of likely N-dealkylation sites (N-methyl/N-ethyl adjacent to an activating group) is 1. The van der Waals surface area contributed by atoms with Crippen LogP contribution in [0.3, 0.4) is 0 Å². The lowest BCUT2D eigenvalue weighted by Crippen LogP contribution is -2.31. The monoisotopic (exact) mass is 524 g/mol. The van der Waals surface area contributed by atoms with Crippen molar-refractivity contribution in [1.29, 1.82) is 5.26 Å². The van der Waals surface area contributed by atoms with Crippen LogP contribution >= 0.6 is 15.9 Å². The summed E-state index contributed by atoms with van der Waals surface area (Å²) < 4.78 is 13.4. The number of hydrogen-bond acceptors (Lipinski definition) is 8. The van der Waals surface area contributed by atoms with E-state index in [0.29, 0.717) is 40.7 Å². The van der Waals surface area contributed by atoms with Crippen molar-refractivity contribution in [2.45, 2.75) is 6.92 Å². The molecule has 4 aromatic heterocycles. The number of methoxy groups -OCH3 is 1. The number of nitrogens with zero attached hydrogens (tertiary/aromatic N) is 7. The second-order valence-electron chi connectivity index (χ2n) is 7.48. The Morgan fingerprint density at radius 1 is 1.32 bits per heavy atom. The fourth-order valence-corrected chi connectivity index (χ4v) is 3.85. The molecule has 0 aliphatic carbocycles. The summed E-state index contributed by atoms with van der Waals surface area (Å²) in [6.07, 6.45) is 3.23. The Kier molecular flexibility index (Phi) is 6.47. The first-order chi connectivity index (χ1) is 16.3. The number of hydrogen-bond donors (Lipinski definition) is 1. The predicted octanol–water partition coefficient (Wildman–Crippen LogP) is 2.86. The number of nitriles is 1. The van der Waals surface area contributed by atoms with Gasteiger partial charge in [0.25, 0.3) is 5.91 Å². The van der Waals surface area contributed by atoms with Gasteiger partial charge in [0, 0.05) is 36.7 Å². The number of ether oxygens (including phenoxy) is 2. The fraction of sp³-hybridized carbons (Fsp3) is 0.273. The van der Waals surface area contributed by atoms with Gasteiger partial charge in [0.15, 0.2) is 5.69 Å². The zero-order valence-electron chi connectivity index (χ0n) is 19.0. The van der Waals surface area contributed by atoms with E-state index in [1.807, 2.05) is 6.07 Å². The summed E-state index contributed by atoms with van der Waals surface area (Å²) in [6.45, 7) is 2.21. The molecule has 1 amide bonds. The van der Waals surface area contributed by atoms with Gasteiger partial charge in [0.1, 0.15) is 34.2 Å². The van der Waals surface area contributed by atoms with Crippen LogP contribution in [0.4, 0.5) is 0 Å².